The molecule has 0 amide bonds. The minimum Gasteiger partial charge on any atom is -0.486 e. The molecule has 1 aliphatic heterocycles. The van der Waals surface area contributed by atoms with Crippen LogP contribution in [-0.2, 0) is 0 Å². The van der Waals surface area contributed by atoms with E-state index >= 15 is 0 Å². The Labute approximate surface area is 126 Å². The lowest BCUT2D eigenvalue weighted by molar-refractivity contribution is 0.160. The molecule has 116 valence electrons. The fraction of sp³-hybridized carbons (Fsp3) is 0.647. The van der Waals surface area contributed by atoms with Gasteiger partial charge in [0, 0.05) is 12.6 Å². The summed E-state index contributed by atoms with van der Waals surface area (Å²) in [6.45, 7) is 6.37. The molecule has 0 bridgehead atoms. The van der Waals surface area contributed by atoms with Crippen molar-refractivity contribution >= 4 is 0 Å². The maximum Gasteiger partial charge on any atom is 0.161 e. The highest BCUT2D eigenvalue weighted by Crippen LogP contribution is 2.37. The second kappa shape index (κ2) is 5.85. The van der Waals surface area contributed by atoms with E-state index in [4.69, 9.17) is 9.47 Å². The van der Waals surface area contributed by atoms with E-state index in [2.05, 4.69) is 19.2 Å². The van der Waals surface area contributed by atoms with Crippen molar-refractivity contribution in [1.29, 1.82) is 0 Å². The summed E-state index contributed by atoms with van der Waals surface area (Å²) in [5, 5.41) is 13.8. The second-order valence-corrected chi connectivity index (χ2v) is 6.93. The largest absolute Gasteiger partial charge is 0.486 e. The van der Waals surface area contributed by atoms with E-state index in [-0.39, 0.29) is 0 Å². The highest BCUT2D eigenvalue weighted by molar-refractivity contribution is 5.44. The first kappa shape index (κ1) is 14.7. The van der Waals surface area contributed by atoms with Crippen LogP contribution in [0, 0.1) is 5.41 Å². The normalized spacial score (nSPS) is 24.8. The summed E-state index contributed by atoms with van der Waals surface area (Å²) in [4.78, 5) is 0. The Bertz CT molecular complexity index is 501. The molecule has 21 heavy (non-hydrogen) atoms. The molecular weight excluding hydrogens is 266 g/mol. The molecule has 1 fully saturated rings. The molecule has 0 saturated heterocycles. The summed E-state index contributed by atoms with van der Waals surface area (Å²) in [5.41, 5.74) is 1.31. The highest BCUT2D eigenvalue weighted by atomic mass is 16.6. The number of nitrogens with one attached hydrogen (secondary N) is 1. The lowest BCUT2D eigenvalue weighted by Crippen LogP contribution is -2.31. The van der Waals surface area contributed by atoms with Gasteiger partial charge in [-0.1, -0.05) is 19.9 Å². The predicted octanol–water partition coefficient (Wildman–Crippen LogP) is 2.66. The Kier molecular flexibility index (Phi) is 4.09. The summed E-state index contributed by atoms with van der Waals surface area (Å²) in [7, 11) is 0. The molecule has 1 aliphatic carbocycles. The van der Waals surface area contributed by atoms with Crippen LogP contribution < -0.4 is 14.8 Å². The molecule has 2 N–H and O–H groups in total. The van der Waals surface area contributed by atoms with Crippen LogP contribution in [0.2, 0.25) is 0 Å². The number of hydrogen-bond acceptors (Lipinski definition) is 4. The molecule has 4 heteroatoms. The van der Waals surface area contributed by atoms with Crippen molar-refractivity contribution in [2.45, 2.75) is 45.3 Å². The van der Waals surface area contributed by atoms with Gasteiger partial charge in [0.15, 0.2) is 11.5 Å². The molecule has 0 radical (unpaired) electrons. The Morgan fingerprint density at radius 2 is 2.05 bits per heavy atom. The minimum atomic E-state index is -0.510. The summed E-state index contributed by atoms with van der Waals surface area (Å²) in [6.07, 6.45) is 3.12. The number of ether oxygens (including phenoxy) is 2. The minimum absolute atomic E-state index is 0.430. The monoisotopic (exact) mass is 291 g/mol. The fourth-order valence-electron chi connectivity index (χ4n) is 3.27. The molecule has 0 aromatic heterocycles. The first-order valence-corrected chi connectivity index (χ1v) is 7.84. The summed E-state index contributed by atoms with van der Waals surface area (Å²) in [6, 6.07) is 6.20. The summed E-state index contributed by atoms with van der Waals surface area (Å²) >= 11 is 0. The third-order valence-corrected chi connectivity index (χ3v) is 4.52. The van der Waals surface area contributed by atoms with Crippen molar-refractivity contribution in [1.82, 2.24) is 5.32 Å². The topological polar surface area (TPSA) is 50.7 Å². The Hall–Kier alpha value is -1.26. The van der Waals surface area contributed by atoms with E-state index in [1.807, 2.05) is 18.2 Å². The number of aliphatic hydroxyl groups is 1. The predicted molar refractivity (Wildman–Crippen MR) is 81.8 cm³/mol. The molecular formula is C17H25NO3. The molecule has 2 atom stereocenters. The van der Waals surface area contributed by atoms with Crippen LogP contribution in [0.15, 0.2) is 18.2 Å². The van der Waals surface area contributed by atoms with Crippen LogP contribution in [0.5, 0.6) is 11.5 Å². The number of benzene rings is 1. The third-order valence-electron chi connectivity index (χ3n) is 4.52. The van der Waals surface area contributed by atoms with Crippen molar-refractivity contribution in [2.24, 2.45) is 5.41 Å². The Balaban J connectivity index is 1.57. The smallest absolute Gasteiger partial charge is 0.161 e. The molecule has 1 aromatic carbocycles. The number of fused-ring (bicyclic) bond motifs is 1. The fourth-order valence-corrected chi connectivity index (χ4v) is 3.27. The van der Waals surface area contributed by atoms with E-state index in [1.54, 1.807) is 0 Å². The summed E-state index contributed by atoms with van der Waals surface area (Å²) in [5.74, 6) is 1.50. The molecule has 0 spiro atoms. The van der Waals surface area contributed by atoms with Crippen molar-refractivity contribution in [2.75, 3.05) is 19.8 Å². The highest BCUT2D eigenvalue weighted by Gasteiger charge is 2.30. The van der Waals surface area contributed by atoms with E-state index in [9.17, 15) is 5.11 Å². The third kappa shape index (κ3) is 3.50. The van der Waals surface area contributed by atoms with Crippen molar-refractivity contribution in [3.8, 4) is 11.5 Å². The van der Waals surface area contributed by atoms with E-state index in [0.29, 0.717) is 31.2 Å². The first-order valence-electron chi connectivity index (χ1n) is 7.84. The number of hydrogen-bond donors (Lipinski definition) is 2. The van der Waals surface area contributed by atoms with Crippen molar-refractivity contribution in [3.05, 3.63) is 23.8 Å². The number of aliphatic hydroxyl groups excluding tert-OH is 1. The Morgan fingerprint density at radius 1 is 1.29 bits per heavy atom. The molecule has 4 nitrogen and oxygen atoms in total. The van der Waals surface area contributed by atoms with Crippen LogP contribution in [0.3, 0.4) is 0 Å². The van der Waals surface area contributed by atoms with Crippen molar-refractivity contribution < 1.29 is 14.6 Å². The lowest BCUT2D eigenvalue weighted by atomic mass is 9.92. The van der Waals surface area contributed by atoms with Gasteiger partial charge in [-0.05, 0) is 42.4 Å². The van der Waals surface area contributed by atoms with Gasteiger partial charge in [0.2, 0.25) is 0 Å². The van der Waals surface area contributed by atoms with Gasteiger partial charge in [0.1, 0.15) is 13.2 Å². The van der Waals surface area contributed by atoms with Gasteiger partial charge >= 0.3 is 0 Å². The van der Waals surface area contributed by atoms with Crippen molar-refractivity contribution in [3.63, 3.8) is 0 Å². The zero-order valence-electron chi connectivity index (χ0n) is 12.9. The van der Waals surface area contributed by atoms with Gasteiger partial charge in [-0.2, -0.15) is 0 Å². The molecule has 1 saturated carbocycles. The Morgan fingerprint density at radius 3 is 2.76 bits per heavy atom. The van der Waals surface area contributed by atoms with Gasteiger partial charge in [0.25, 0.3) is 0 Å². The van der Waals surface area contributed by atoms with Crippen LogP contribution >= 0.6 is 0 Å². The zero-order chi connectivity index (χ0) is 14.9. The average Bonchev–Trinajstić information content (AvgIpc) is 2.83. The number of rotatable bonds is 4. The SMILES string of the molecule is CC1(C)CCC(NCC(O)c2ccc3c(c2)OCCO3)C1. The van der Waals surface area contributed by atoms with Gasteiger partial charge in [0.05, 0.1) is 6.10 Å². The van der Waals surface area contributed by atoms with E-state index in [0.717, 1.165) is 17.1 Å². The maximum absolute atomic E-state index is 10.4. The first-order chi connectivity index (χ1) is 10.0. The van der Waals surface area contributed by atoms with Crippen LogP contribution in [-0.4, -0.2) is 30.9 Å². The second-order valence-electron chi connectivity index (χ2n) is 6.93. The molecule has 3 rings (SSSR count). The van der Waals surface area contributed by atoms with Gasteiger partial charge in [-0.15, -0.1) is 0 Å². The van der Waals surface area contributed by atoms with Crippen LogP contribution in [0.1, 0.15) is 44.8 Å². The molecule has 1 aromatic rings. The van der Waals surface area contributed by atoms with Gasteiger partial charge < -0.3 is 19.9 Å². The lowest BCUT2D eigenvalue weighted by Gasteiger charge is -2.22. The molecule has 2 unspecified atom stereocenters. The standard InChI is InChI=1S/C17H25NO3/c1-17(2)6-5-13(10-17)18-11-14(19)12-3-4-15-16(9-12)21-8-7-20-15/h3-4,9,13-14,18-19H,5-8,10-11H2,1-2H3. The van der Waals surface area contributed by atoms with Crippen LogP contribution in [0.4, 0.5) is 0 Å². The summed E-state index contributed by atoms with van der Waals surface area (Å²) < 4.78 is 11.1. The average molecular weight is 291 g/mol. The molecule has 2 aliphatic rings. The van der Waals surface area contributed by atoms with Crippen LogP contribution in [0.25, 0.3) is 0 Å². The van der Waals surface area contributed by atoms with E-state index < -0.39 is 6.10 Å². The van der Waals surface area contributed by atoms with E-state index in [1.165, 1.54) is 19.3 Å². The zero-order valence-corrected chi connectivity index (χ0v) is 12.9. The molecule has 1 heterocycles. The maximum atomic E-state index is 10.4. The quantitative estimate of drug-likeness (QED) is 0.895. The van der Waals surface area contributed by atoms with Gasteiger partial charge in [-0.3, -0.25) is 0 Å². The van der Waals surface area contributed by atoms with Gasteiger partial charge in [-0.25, -0.2) is 0 Å².